The number of nitrogens with two attached hydrogens (primary N) is 2. The van der Waals surface area contributed by atoms with Crippen molar-refractivity contribution >= 4 is 55.4 Å². The highest BCUT2D eigenvalue weighted by molar-refractivity contribution is 9.13. The van der Waals surface area contributed by atoms with Crippen molar-refractivity contribution < 1.29 is 0 Å². The lowest BCUT2D eigenvalue weighted by Gasteiger charge is -2.06. The highest BCUT2D eigenvalue weighted by Gasteiger charge is 2.03. The Kier molecular flexibility index (Phi) is 3.43. The lowest BCUT2D eigenvalue weighted by Crippen LogP contribution is -2.06. The summed E-state index contributed by atoms with van der Waals surface area (Å²) >= 11 is 6.78. The topological polar surface area (TPSA) is 103 Å². The van der Waals surface area contributed by atoms with Crippen LogP contribution >= 0.6 is 31.9 Å². The molecule has 1 aromatic heterocycles. The van der Waals surface area contributed by atoms with E-state index < -0.39 is 0 Å². The Balaban J connectivity index is 2.28. The van der Waals surface area contributed by atoms with Gasteiger partial charge in [-0.3, -0.25) is 0 Å². The highest BCUT2D eigenvalue weighted by Crippen LogP contribution is 2.27. The molecule has 8 heteroatoms. The average molecular weight is 360 g/mol. The van der Waals surface area contributed by atoms with Crippen molar-refractivity contribution in [3.05, 3.63) is 27.1 Å². The van der Waals surface area contributed by atoms with Crippen LogP contribution in [0.4, 0.5) is 23.5 Å². The smallest absolute Gasteiger partial charge is 0.233 e. The van der Waals surface area contributed by atoms with Crippen LogP contribution in [0.2, 0.25) is 0 Å². The molecule has 0 spiro atoms. The van der Waals surface area contributed by atoms with Gasteiger partial charge in [0.15, 0.2) is 0 Å². The van der Waals surface area contributed by atoms with Crippen molar-refractivity contribution in [1.82, 2.24) is 15.0 Å². The Hall–Kier alpha value is -1.41. The van der Waals surface area contributed by atoms with Crippen molar-refractivity contribution in [3.8, 4) is 0 Å². The van der Waals surface area contributed by atoms with Gasteiger partial charge in [-0.05, 0) is 50.1 Å². The summed E-state index contributed by atoms with van der Waals surface area (Å²) in [5.41, 5.74) is 11.7. The van der Waals surface area contributed by atoms with Crippen LogP contribution in [0.3, 0.4) is 0 Å². The lowest BCUT2D eigenvalue weighted by atomic mass is 10.3. The van der Waals surface area contributed by atoms with E-state index in [1.54, 1.807) is 0 Å². The molecule has 17 heavy (non-hydrogen) atoms. The molecule has 0 saturated carbocycles. The molecule has 6 nitrogen and oxygen atoms in total. The number of halogens is 2. The monoisotopic (exact) mass is 358 g/mol. The molecule has 0 bridgehead atoms. The van der Waals surface area contributed by atoms with E-state index in [0.717, 1.165) is 14.6 Å². The quantitative estimate of drug-likeness (QED) is 0.760. The van der Waals surface area contributed by atoms with Gasteiger partial charge in [0.05, 0.1) is 0 Å². The summed E-state index contributed by atoms with van der Waals surface area (Å²) in [6.07, 6.45) is 0. The Labute approximate surface area is 114 Å². The second-order valence-corrected chi connectivity index (χ2v) is 4.84. The van der Waals surface area contributed by atoms with Crippen molar-refractivity contribution in [1.29, 1.82) is 0 Å². The van der Waals surface area contributed by atoms with Gasteiger partial charge >= 0.3 is 0 Å². The third-order valence-electron chi connectivity index (χ3n) is 1.85. The van der Waals surface area contributed by atoms with Crippen LogP contribution in [-0.4, -0.2) is 15.0 Å². The fraction of sp³-hybridized carbons (Fsp3) is 0. The summed E-state index contributed by atoms with van der Waals surface area (Å²) < 4.78 is 1.87. The number of nitrogen functional groups attached to an aromatic ring is 2. The molecule has 0 aliphatic rings. The predicted molar refractivity (Wildman–Crippen MR) is 73.8 cm³/mol. The van der Waals surface area contributed by atoms with E-state index in [2.05, 4.69) is 52.1 Å². The van der Waals surface area contributed by atoms with Crippen LogP contribution in [0.1, 0.15) is 0 Å². The van der Waals surface area contributed by atoms with E-state index in [1.165, 1.54) is 0 Å². The number of aromatic nitrogens is 3. The van der Waals surface area contributed by atoms with Crippen LogP contribution in [0.25, 0.3) is 0 Å². The maximum absolute atomic E-state index is 5.47. The van der Waals surface area contributed by atoms with Gasteiger partial charge in [-0.1, -0.05) is 0 Å². The van der Waals surface area contributed by atoms with Gasteiger partial charge < -0.3 is 16.8 Å². The summed E-state index contributed by atoms with van der Waals surface area (Å²) in [4.78, 5) is 11.5. The standard InChI is InChI=1S/C9H8Br2N6/c10-5-2-1-4(3-6(5)11)14-9-16-7(12)15-8(13)17-9/h1-3H,(H5,12,13,14,15,16,17). The molecule has 5 N–H and O–H groups in total. The van der Waals surface area contributed by atoms with Crippen molar-refractivity contribution in [2.75, 3.05) is 16.8 Å². The number of anilines is 4. The van der Waals surface area contributed by atoms with Crippen molar-refractivity contribution in [2.45, 2.75) is 0 Å². The average Bonchev–Trinajstić information content (AvgIpc) is 2.22. The molecule has 0 amide bonds. The molecule has 0 saturated heterocycles. The normalized spacial score (nSPS) is 10.2. The molecule has 0 fully saturated rings. The summed E-state index contributed by atoms with van der Waals surface area (Å²) in [7, 11) is 0. The minimum absolute atomic E-state index is 0.0798. The number of nitrogens with zero attached hydrogens (tertiary/aromatic N) is 3. The third-order valence-corrected chi connectivity index (χ3v) is 3.73. The second-order valence-electron chi connectivity index (χ2n) is 3.13. The van der Waals surface area contributed by atoms with Gasteiger partial charge in [-0.15, -0.1) is 0 Å². The van der Waals surface area contributed by atoms with E-state index >= 15 is 0 Å². The minimum Gasteiger partial charge on any atom is -0.368 e. The number of benzene rings is 1. The first-order valence-electron chi connectivity index (χ1n) is 4.53. The van der Waals surface area contributed by atoms with Gasteiger partial charge in [-0.2, -0.15) is 15.0 Å². The first kappa shape index (κ1) is 12.1. The molecule has 0 aliphatic carbocycles. The predicted octanol–water partition coefficient (Wildman–Crippen LogP) is 2.30. The minimum atomic E-state index is 0.0798. The molecule has 0 atom stereocenters. The van der Waals surface area contributed by atoms with Crippen molar-refractivity contribution in [2.24, 2.45) is 0 Å². The largest absolute Gasteiger partial charge is 0.368 e. The molecule has 1 heterocycles. The summed E-state index contributed by atoms with van der Waals surface area (Å²) in [6, 6.07) is 5.63. The molecule has 0 aliphatic heterocycles. The number of rotatable bonds is 2. The summed E-state index contributed by atoms with van der Waals surface area (Å²) in [5.74, 6) is 0.469. The van der Waals surface area contributed by atoms with Crippen LogP contribution in [0, 0.1) is 0 Å². The Morgan fingerprint density at radius 1 is 0.941 bits per heavy atom. The van der Waals surface area contributed by atoms with Gasteiger partial charge in [0.25, 0.3) is 0 Å². The Morgan fingerprint density at radius 2 is 1.59 bits per heavy atom. The molecular formula is C9H8Br2N6. The summed E-state index contributed by atoms with van der Waals surface area (Å²) in [5, 5.41) is 2.98. The fourth-order valence-electron chi connectivity index (χ4n) is 1.17. The maximum Gasteiger partial charge on any atom is 0.233 e. The van der Waals surface area contributed by atoms with Gasteiger partial charge in [0.1, 0.15) is 0 Å². The number of hydrogen-bond donors (Lipinski definition) is 3. The zero-order valence-electron chi connectivity index (χ0n) is 8.48. The lowest BCUT2D eigenvalue weighted by molar-refractivity contribution is 1.08. The molecule has 2 rings (SSSR count). The molecule has 1 aromatic carbocycles. The first-order chi connectivity index (χ1) is 8.04. The third kappa shape index (κ3) is 3.04. The van der Waals surface area contributed by atoms with E-state index in [-0.39, 0.29) is 11.9 Å². The zero-order valence-corrected chi connectivity index (χ0v) is 11.7. The van der Waals surface area contributed by atoms with E-state index in [0.29, 0.717) is 5.95 Å². The molecule has 88 valence electrons. The van der Waals surface area contributed by atoms with E-state index in [1.807, 2.05) is 18.2 Å². The maximum atomic E-state index is 5.47. The van der Waals surface area contributed by atoms with Crippen molar-refractivity contribution in [3.63, 3.8) is 0 Å². The second kappa shape index (κ2) is 4.84. The number of hydrogen-bond acceptors (Lipinski definition) is 6. The van der Waals surface area contributed by atoms with Crippen LogP contribution in [0.15, 0.2) is 27.1 Å². The van der Waals surface area contributed by atoms with Crippen LogP contribution in [0.5, 0.6) is 0 Å². The molecular weight excluding hydrogens is 352 g/mol. The SMILES string of the molecule is Nc1nc(N)nc(Nc2ccc(Br)c(Br)c2)n1. The Bertz CT molecular complexity index is 539. The van der Waals surface area contributed by atoms with Gasteiger partial charge in [0.2, 0.25) is 17.8 Å². The highest BCUT2D eigenvalue weighted by atomic mass is 79.9. The first-order valence-corrected chi connectivity index (χ1v) is 6.12. The zero-order chi connectivity index (χ0) is 12.4. The fourth-order valence-corrected chi connectivity index (χ4v) is 1.79. The molecule has 0 unspecified atom stereocenters. The van der Waals surface area contributed by atoms with E-state index in [9.17, 15) is 0 Å². The summed E-state index contributed by atoms with van der Waals surface area (Å²) in [6.45, 7) is 0. The Morgan fingerprint density at radius 3 is 2.18 bits per heavy atom. The molecule has 2 aromatic rings. The van der Waals surface area contributed by atoms with Gasteiger partial charge in [0, 0.05) is 14.6 Å². The van der Waals surface area contributed by atoms with E-state index in [4.69, 9.17) is 11.5 Å². The van der Waals surface area contributed by atoms with Crippen LogP contribution < -0.4 is 16.8 Å². The van der Waals surface area contributed by atoms with Crippen LogP contribution in [-0.2, 0) is 0 Å². The molecule has 0 radical (unpaired) electrons. The number of nitrogens with one attached hydrogen (secondary N) is 1. The van der Waals surface area contributed by atoms with Gasteiger partial charge in [-0.25, -0.2) is 0 Å².